The van der Waals surface area contributed by atoms with Crippen LogP contribution in [0.4, 0.5) is 0 Å². The minimum atomic E-state index is -0.402. The Hall–Kier alpha value is -1.13. The van der Waals surface area contributed by atoms with Gasteiger partial charge in [0.25, 0.3) is 0 Å². The lowest BCUT2D eigenvalue weighted by atomic mass is 9.75. The van der Waals surface area contributed by atoms with Crippen LogP contribution in [0, 0.1) is 0 Å². The molecule has 1 aliphatic rings. The minimum Gasteiger partial charge on any atom is -0.399 e. The molecule has 1 aromatic carbocycles. The van der Waals surface area contributed by atoms with E-state index in [0.717, 1.165) is 11.0 Å². The molecular weight excluding hydrogens is 239 g/mol. The molecule has 0 aromatic heterocycles. The average Bonchev–Trinajstić information content (AvgIpc) is 2.48. The van der Waals surface area contributed by atoms with E-state index in [2.05, 4.69) is 0 Å². The van der Waals surface area contributed by atoms with Crippen LogP contribution in [0.25, 0.3) is 0 Å². The third-order valence-corrected chi connectivity index (χ3v) is 4.00. The zero-order valence-corrected chi connectivity index (χ0v) is 12.3. The summed E-state index contributed by atoms with van der Waals surface area (Å²) in [6.07, 6.45) is 0.417. The largest absolute Gasteiger partial charge is 0.495 e. The topological polar surface area (TPSA) is 35.5 Å². The van der Waals surface area contributed by atoms with Crippen LogP contribution in [0.5, 0.6) is 0 Å². The minimum absolute atomic E-state index is 0.143. The monoisotopic (exact) mass is 260 g/mol. The van der Waals surface area contributed by atoms with Gasteiger partial charge in [-0.3, -0.25) is 4.79 Å². The van der Waals surface area contributed by atoms with E-state index in [-0.39, 0.29) is 17.0 Å². The van der Waals surface area contributed by atoms with E-state index in [1.807, 2.05) is 52.0 Å². The van der Waals surface area contributed by atoms with Crippen LogP contribution in [-0.2, 0) is 20.5 Å². The average molecular weight is 260 g/mol. The Morgan fingerprint density at radius 1 is 1.11 bits per heavy atom. The van der Waals surface area contributed by atoms with Crippen molar-refractivity contribution in [1.82, 2.24) is 0 Å². The molecular formula is C15H21BO3. The molecule has 1 aliphatic heterocycles. The molecule has 0 radical (unpaired) electrons. The molecule has 1 fully saturated rings. The summed E-state index contributed by atoms with van der Waals surface area (Å²) in [6, 6.07) is 7.82. The van der Waals surface area contributed by atoms with Crippen molar-refractivity contribution in [2.24, 2.45) is 0 Å². The Morgan fingerprint density at radius 3 is 2.16 bits per heavy atom. The number of benzene rings is 1. The Labute approximate surface area is 115 Å². The van der Waals surface area contributed by atoms with Gasteiger partial charge >= 0.3 is 7.12 Å². The van der Waals surface area contributed by atoms with E-state index in [1.54, 1.807) is 6.92 Å². The highest BCUT2D eigenvalue weighted by Gasteiger charge is 2.52. The van der Waals surface area contributed by atoms with Gasteiger partial charge in [0.05, 0.1) is 11.2 Å². The first-order chi connectivity index (χ1) is 8.73. The zero-order chi connectivity index (χ0) is 14.3. The van der Waals surface area contributed by atoms with Crippen molar-refractivity contribution >= 4 is 18.4 Å². The molecule has 4 heteroatoms. The van der Waals surface area contributed by atoms with Gasteiger partial charge in [0, 0.05) is 6.42 Å². The number of rotatable bonds is 3. The third-order valence-electron chi connectivity index (χ3n) is 4.00. The summed E-state index contributed by atoms with van der Waals surface area (Å²) >= 11 is 0. The van der Waals surface area contributed by atoms with Gasteiger partial charge in [0.15, 0.2) is 0 Å². The Balaban J connectivity index is 2.32. The second-order valence-electron chi connectivity index (χ2n) is 6.17. The fraction of sp³-hybridized carbons (Fsp3) is 0.533. The molecule has 0 saturated carbocycles. The Kier molecular flexibility index (Phi) is 3.58. The lowest BCUT2D eigenvalue weighted by molar-refractivity contribution is -0.116. The molecule has 0 spiro atoms. The molecule has 0 amide bonds. The predicted molar refractivity (Wildman–Crippen MR) is 76.5 cm³/mol. The smallest absolute Gasteiger partial charge is 0.399 e. The summed E-state index contributed by atoms with van der Waals surface area (Å²) in [5, 5.41) is 0. The van der Waals surface area contributed by atoms with Crippen LogP contribution in [0.15, 0.2) is 24.3 Å². The predicted octanol–water partition coefficient (Wildman–Crippen LogP) is 2.12. The molecule has 102 valence electrons. The number of ketones is 1. The second-order valence-corrected chi connectivity index (χ2v) is 6.17. The van der Waals surface area contributed by atoms with Crippen LogP contribution >= 0.6 is 0 Å². The van der Waals surface area contributed by atoms with E-state index in [1.165, 1.54) is 0 Å². The van der Waals surface area contributed by atoms with Gasteiger partial charge in [-0.05, 0) is 45.6 Å². The highest BCUT2D eigenvalue weighted by atomic mass is 16.7. The maximum Gasteiger partial charge on any atom is 0.495 e. The molecule has 1 heterocycles. The Morgan fingerprint density at radius 2 is 1.63 bits per heavy atom. The first-order valence-corrected chi connectivity index (χ1v) is 6.66. The summed E-state index contributed by atoms with van der Waals surface area (Å²) in [7, 11) is -0.402. The van der Waals surface area contributed by atoms with E-state index in [4.69, 9.17) is 9.31 Å². The van der Waals surface area contributed by atoms with Crippen molar-refractivity contribution in [3.05, 3.63) is 29.8 Å². The Bertz CT molecular complexity index is 478. The van der Waals surface area contributed by atoms with Crippen LogP contribution in [-0.4, -0.2) is 24.1 Å². The summed E-state index contributed by atoms with van der Waals surface area (Å²) in [6.45, 7) is 9.71. The molecule has 2 rings (SSSR count). The summed E-state index contributed by atoms with van der Waals surface area (Å²) in [5.74, 6) is 0.143. The van der Waals surface area contributed by atoms with Crippen molar-refractivity contribution in [2.75, 3.05) is 0 Å². The molecule has 0 N–H and O–H groups in total. The van der Waals surface area contributed by atoms with Crippen LogP contribution < -0.4 is 5.46 Å². The van der Waals surface area contributed by atoms with Crippen molar-refractivity contribution in [3.63, 3.8) is 0 Å². The SMILES string of the molecule is CC(=O)Cc1ccccc1B1OC(C)(C)C(C)(C)O1. The molecule has 19 heavy (non-hydrogen) atoms. The van der Waals surface area contributed by atoms with Gasteiger partial charge < -0.3 is 9.31 Å². The van der Waals surface area contributed by atoms with Crippen molar-refractivity contribution in [1.29, 1.82) is 0 Å². The molecule has 0 bridgehead atoms. The number of hydrogen-bond acceptors (Lipinski definition) is 3. The second kappa shape index (κ2) is 4.76. The fourth-order valence-electron chi connectivity index (χ4n) is 2.16. The molecule has 0 aliphatic carbocycles. The number of carbonyl (C=O) groups is 1. The third kappa shape index (κ3) is 2.75. The molecule has 3 nitrogen and oxygen atoms in total. The van der Waals surface area contributed by atoms with Gasteiger partial charge in [-0.1, -0.05) is 24.3 Å². The van der Waals surface area contributed by atoms with Gasteiger partial charge in [-0.25, -0.2) is 0 Å². The normalized spacial score (nSPS) is 20.6. The quantitative estimate of drug-likeness (QED) is 0.781. The molecule has 0 unspecified atom stereocenters. The van der Waals surface area contributed by atoms with E-state index >= 15 is 0 Å². The lowest BCUT2D eigenvalue weighted by Crippen LogP contribution is -2.41. The van der Waals surface area contributed by atoms with Crippen LogP contribution in [0.1, 0.15) is 40.2 Å². The number of carbonyl (C=O) groups excluding carboxylic acids is 1. The first-order valence-electron chi connectivity index (χ1n) is 6.66. The van der Waals surface area contributed by atoms with Gasteiger partial charge in [-0.2, -0.15) is 0 Å². The van der Waals surface area contributed by atoms with Gasteiger partial charge in [0.2, 0.25) is 0 Å². The van der Waals surface area contributed by atoms with Gasteiger partial charge in [-0.15, -0.1) is 0 Å². The fourth-order valence-corrected chi connectivity index (χ4v) is 2.16. The number of hydrogen-bond donors (Lipinski definition) is 0. The summed E-state index contributed by atoms with van der Waals surface area (Å²) in [4.78, 5) is 11.4. The molecule has 1 saturated heterocycles. The van der Waals surface area contributed by atoms with Crippen LogP contribution in [0.3, 0.4) is 0 Å². The zero-order valence-electron chi connectivity index (χ0n) is 12.3. The standard InChI is InChI=1S/C15H21BO3/c1-11(17)10-12-8-6-7-9-13(12)16-18-14(2,3)15(4,5)19-16/h6-9H,10H2,1-5H3. The highest BCUT2D eigenvalue weighted by molar-refractivity contribution is 6.62. The molecule has 1 aromatic rings. The van der Waals surface area contributed by atoms with Crippen molar-refractivity contribution in [3.8, 4) is 0 Å². The van der Waals surface area contributed by atoms with Crippen molar-refractivity contribution in [2.45, 2.75) is 52.2 Å². The maximum atomic E-state index is 11.4. The lowest BCUT2D eigenvalue weighted by Gasteiger charge is -2.32. The van der Waals surface area contributed by atoms with E-state index in [9.17, 15) is 4.79 Å². The summed E-state index contributed by atoms with van der Waals surface area (Å²) < 4.78 is 12.1. The van der Waals surface area contributed by atoms with Crippen molar-refractivity contribution < 1.29 is 14.1 Å². The highest BCUT2D eigenvalue weighted by Crippen LogP contribution is 2.36. The van der Waals surface area contributed by atoms with E-state index < -0.39 is 7.12 Å². The van der Waals surface area contributed by atoms with E-state index in [0.29, 0.717) is 6.42 Å². The number of Topliss-reactive ketones (excluding diaryl/α,β-unsaturated/α-hetero) is 1. The van der Waals surface area contributed by atoms with Gasteiger partial charge in [0.1, 0.15) is 5.78 Å². The summed E-state index contributed by atoms with van der Waals surface area (Å²) in [5.41, 5.74) is 1.21. The molecule has 0 atom stereocenters. The first kappa shape index (κ1) is 14.3. The van der Waals surface area contributed by atoms with Crippen LogP contribution in [0.2, 0.25) is 0 Å². The maximum absolute atomic E-state index is 11.4.